The van der Waals surface area contributed by atoms with Gasteiger partial charge in [0.1, 0.15) is 4.88 Å². The molecule has 29 heavy (non-hydrogen) atoms. The molecule has 0 saturated carbocycles. The van der Waals surface area contributed by atoms with Crippen molar-refractivity contribution in [1.29, 1.82) is 0 Å². The molecule has 7 heteroatoms. The fourth-order valence-electron chi connectivity index (χ4n) is 3.54. The SMILES string of the molecule is CC#Cc1nccc(-c2ccc3c(ccc4sc5c(c43)NC[C@@H](C)NC5=O)n2)n1. The molecule has 1 aliphatic heterocycles. The van der Waals surface area contributed by atoms with Crippen molar-refractivity contribution < 1.29 is 4.79 Å². The minimum atomic E-state index is -0.0259. The summed E-state index contributed by atoms with van der Waals surface area (Å²) in [6.45, 7) is 4.44. The van der Waals surface area contributed by atoms with Crippen LogP contribution in [0.15, 0.2) is 36.5 Å². The summed E-state index contributed by atoms with van der Waals surface area (Å²) < 4.78 is 1.07. The number of benzene rings is 1. The molecule has 4 heterocycles. The average Bonchev–Trinajstić information content (AvgIpc) is 3.05. The number of nitrogens with zero attached hydrogens (tertiary/aromatic N) is 3. The highest BCUT2D eigenvalue weighted by molar-refractivity contribution is 7.21. The van der Waals surface area contributed by atoms with Gasteiger partial charge in [-0.15, -0.1) is 11.3 Å². The summed E-state index contributed by atoms with van der Waals surface area (Å²) in [4.78, 5) is 26.8. The zero-order valence-electron chi connectivity index (χ0n) is 15.9. The lowest BCUT2D eigenvalue weighted by Gasteiger charge is -2.10. The van der Waals surface area contributed by atoms with Gasteiger partial charge in [0.2, 0.25) is 5.82 Å². The van der Waals surface area contributed by atoms with Crippen LogP contribution in [-0.2, 0) is 0 Å². The van der Waals surface area contributed by atoms with Gasteiger partial charge in [0, 0.05) is 34.3 Å². The van der Waals surface area contributed by atoms with E-state index in [0.29, 0.717) is 12.4 Å². The number of nitrogens with one attached hydrogen (secondary N) is 2. The van der Waals surface area contributed by atoms with Crippen molar-refractivity contribution in [2.24, 2.45) is 0 Å². The molecule has 0 aliphatic carbocycles. The second-order valence-corrected chi connectivity index (χ2v) is 7.96. The van der Waals surface area contributed by atoms with Crippen molar-refractivity contribution in [2.45, 2.75) is 19.9 Å². The summed E-state index contributed by atoms with van der Waals surface area (Å²) >= 11 is 1.51. The number of fused-ring (bicyclic) bond motifs is 5. The standard InChI is InChI=1S/C22H17N5OS/c1-3-4-18-23-10-9-16(27-18)15-6-5-13-14(26-15)7-8-17-19(13)20-21(29-17)22(28)25-12(2)11-24-20/h5-10,12,24H,11H2,1-2H3,(H,25,28)/t12-/m1/s1. The number of hydrogen-bond acceptors (Lipinski definition) is 6. The Hall–Kier alpha value is -3.50. The number of carbonyl (C=O) groups excluding carboxylic acids is 1. The zero-order chi connectivity index (χ0) is 20.0. The molecule has 0 spiro atoms. The first-order chi connectivity index (χ1) is 14.1. The molecule has 1 amide bonds. The molecule has 6 nitrogen and oxygen atoms in total. The van der Waals surface area contributed by atoms with Gasteiger partial charge in [0.25, 0.3) is 5.91 Å². The summed E-state index contributed by atoms with van der Waals surface area (Å²) in [6.07, 6.45) is 1.69. The summed E-state index contributed by atoms with van der Waals surface area (Å²) in [5.74, 6) is 6.15. The molecule has 1 aliphatic rings. The Morgan fingerprint density at radius 2 is 2.00 bits per heavy atom. The Balaban J connectivity index is 1.68. The van der Waals surface area contributed by atoms with Crippen molar-refractivity contribution in [1.82, 2.24) is 20.3 Å². The number of hydrogen-bond donors (Lipinski definition) is 2. The molecular weight excluding hydrogens is 382 g/mol. The van der Waals surface area contributed by atoms with Crippen LogP contribution in [0.4, 0.5) is 5.69 Å². The van der Waals surface area contributed by atoms with E-state index in [9.17, 15) is 4.79 Å². The maximum absolute atomic E-state index is 12.6. The molecule has 1 aromatic carbocycles. The third-order valence-electron chi connectivity index (χ3n) is 4.85. The van der Waals surface area contributed by atoms with Crippen LogP contribution >= 0.6 is 11.3 Å². The molecule has 5 rings (SSSR count). The quantitative estimate of drug-likeness (QED) is 0.476. The van der Waals surface area contributed by atoms with Gasteiger partial charge in [-0.25, -0.2) is 15.0 Å². The zero-order valence-corrected chi connectivity index (χ0v) is 16.7. The Labute approximate surface area is 171 Å². The van der Waals surface area contributed by atoms with Crippen LogP contribution in [0.1, 0.15) is 29.3 Å². The molecule has 1 atom stereocenters. The number of rotatable bonds is 1. The van der Waals surface area contributed by atoms with Crippen LogP contribution in [-0.4, -0.2) is 33.4 Å². The molecule has 142 valence electrons. The molecule has 3 aromatic heterocycles. The monoisotopic (exact) mass is 399 g/mol. The maximum Gasteiger partial charge on any atom is 0.263 e. The van der Waals surface area contributed by atoms with Crippen molar-refractivity contribution in [3.8, 4) is 23.2 Å². The van der Waals surface area contributed by atoms with Crippen LogP contribution in [0.2, 0.25) is 0 Å². The smallest absolute Gasteiger partial charge is 0.263 e. The van der Waals surface area contributed by atoms with E-state index in [0.717, 1.165) is 42.9 Å². The second-order valence-electron chi connectivity index (χ2n) is 6.90. The predicted octanol–water partition coefficient (Wildman–Crippen LogP) is 3.82. The van der Waals surface area contributed by atoms with Crippen LogP contribution in [0.5, 0.6) is 0 Å². The van der Waals surface area contributed by atoms with Gasteiger partial charge < -0.3 is 10.6 Å². The average molecular weight is 399 g/mol. The summed E-state index contributed by atoms with van der Waals surface area (Å²) in [5.41, 5.74) is 3.25. The van der Waals surface area contributed by atoms with E-state index >= 15 is 0 Å². The minimum absolute atomic E-state index is 0.0259. The van der Waals surface area contributed by atoms with E-state index in [1.165, 1.54) is 11.3 Å². The molecular formula is C22H17N5OS. The number of aromatic nitrogens is 3. The summed E-state index contributed by atoms with van der Waals surface area (Å²) in [7, 11) is 0. The summed E-state index contributed by atoms with van der Waals surface area (Å²) in [5, 5.41) is 8.54. The molecule has 0 fully saturated rings. The molecule has 2 N–H and O–H groups in total. The Morgan fingerprint density at radius 1 is 1.14 bits per heavy atom. The number of thiophene rings is 1. The molecule has 0 radical (unpaired) electrons. The van der Waals surface area contributed by atoms with E-state index in [4.69, 9.17) is 4.98 Å². The van der Waals surface area contributed by atoms with Gasteiger partial charge in [-0.05, 0) is 50.1 Å². The van der Waals surface area contributed by atoms with Gasteiger partial charge in [0.05, 0.1) is 22.6 Å². The lowest BCUT2D eigenvalue weighted by molar-refractivity contribution is 0.0949. The number of carbonyl (C=O) groups is 1. The van der Waals surface area contributed by atoms with E-state index in [-0.39, 0.29) is 11.9 Å². The highest BCUT2D eigenvalue weighted by Gasteiger charge is 2.24. The largest absolute Gasteiger partial charge is 0.381 e. The van der Waals surface area contributed by atoms with Crippen LogP contribution in [0, 0.1) is 11.8 Å². The molecule has 0 saturated heterocycles. The maximum atomic E-state index is 12.6. The predicted molar refractivity (Wildman–Crippen MR) is 116 cm³/mol. The van der Waals surface area contributed by atoms with Crippen molar-refractivity contribution >= 4 is 43.9 Å². The molecule has 0 unspecified atom stereocenters. The normalized spacial score (nSPS) is 15.8. The van der Waals surface area contributed by atoms with E-state index in [1.54, 1.807) is 13.1 Å². The third-order valence-corrected chi connectivity index (χ3v) is 6.00. The topological polar surface area (TPSA) is 79.8 Å². The first kappa shape index (κ1) is 17.6. The van der Waals surface area contributed by atoms with Crippen LogP contribution in [0.25, 0.3) is 32.4 Å². The van der Waals surface area contributed by atoms with Gasteiger partial charge in [0.15, 0.2) is 0 Å². The number of amides is 1. The fourth-order valence-corrected chi connectivity index (χ4v) is 4.64. The van der Waals surface area contributed by atoms with Crippen LogP contribution in [0.3, 0.4) is 0 Å². The van der Waals surface area contributed by atoms with Crippen molar-refractivity contribution in [3.63, 3.8) is 0 Å². The first-order valence-corrected chi connectivity index (χ1v) is 10.1. The fraction of sp³-hybridized carbons (Fsp3) is 0.182. The van der Waals surface area contributed by atoms with E-state index in [2.05, 4.69) is 32.4 Å². The van der Waals surface area contributed by atoms with Crippen molar-refractivity contribution in [3.05, 3.63) is 47.2 Å². The second kappa shape index (κ2) is 6.83. The van der Waals surface area contributed by atoms with Gasteiger partial charge in [-0.3, -0.25) is 4.79 Å². The Bertz CT molecular complexity index is 1350. The molecule has 4 aromatic rings. The summed E-state index contributed by atoms with van der Waals surface area (Å²) in [6, 6.07) is 9.93. The van der Waals surface area contributed by atoms with Gasteiger partial charge >= 0.3 is 0 Å². The van der Waals surface area contributed by atoms with Gasteiger partial charge in [-0.2, -0.15) is 0 Å². The highest BCUT2D eigenvalue weighted by atomic mass is 32.1. The van der Waals surface area contributed by atoms with Crippen LogP contribution < -0.4 is 10.6 Å². The minimum Gasteiger partial charge on any atom is -0.381 e. The third kappa shape index (κ3) is 2.98. The lowest BCUT2D eigenvalue weighted by Crippen LogP contribution is -2.34. The van der Waals surface area contributed by atoms with Gasteiger partial charge in [-0.1, -0.05) is 5.92 Å². The Kier molecular flexibility index (Phi) is 4.14. The highest BCUT2D eigenvalue weighted by Crippen LogP contribution is 2.41. The molecule has 0 bridgehead atoms. The van der Waals surface area contributed by atoms with Crippen molar-refractivity contribution in [2.75, 3.05) is 11.9 Å². The Morgan fingerprint density at radius 3 is 2.86 bits per heavy atom. The number of pyridine rings is 1. The first-order valence-electron chi connectivity index (χ1n) is 9.31. The van der Waals surface area contributed by atoms with E-state index in [1.807, 2.05) is 37.3 Å². The van der Waals surface area contributed by atoms with E-state index < -0.39 is 0 Å². The number of anilines is 1. The lowest BCUT2D eigenvalue weighted by atomic mass is 10.1.